The van der Waals surface area contributed by atoms with Crippen molar-refractivity contribution in [3.05, 3.63) is 34.9 Å². The van der Waals surface area contributed by atoms with Crippen LogP contribution in [-0.2, 0) is 9.53 Å². The Morgan fingerprint density at radius 2 is 2.20 bits per heavy atom. The van der Waals surface area contributed by atoms with Gasteiger partial charge in [0.05, 0.1) is 24.2 Å². The lowest BCUT2D eigenvalue weighted by molar-refractivity contribution is -0.125. The highest BCUT2D eigenvalue weighted by molar-refractivity contribution is 6.30. The molecule has 2 aliphatic rings. The fourth-order valence-corrected chi connectivity index (χ4v) is 3.81. The molecule has 0 aliphatic carbocycles. The van der Waals surface area contributed by atoms with Crippen molar-refractivity contribution in [3.63, 3.8) is 0 Å². The van der Waals surface area contributed by atoms with E-state index in [1.54, 1.807) is 0 Å². The summed E-state index contributed by atoms with van der Waals surface area (Å²) < 4.78 is 5.85. The Bertz CT molecular complexity index is 585. The van der Waals surface area contributed by atoms with E-state index in [9.17, 15) is 4.79 Å². The molecule has 6 heteroatoms. The second-order valence-electron chi connectivity index (χ2n) is 7.58. The molecule has 1 amide bonds. The maximum Gasteiger partial charge on any atom is 0.224 e. The molecule has 0 aromatic heterocycles. The standard InChI is InChI=1S/C19H28ClN3O2/c1-19(2)13-23(9-10-25-19)17(14-3-5-16(20)6-4-14)12-22-18(24)15-7-8-21-11-15/h3-6,15,17,21H,7-13H2,1-2H3,(H,22,24). The summed E-state index contributed by atoms with van der Waals surface area (Å²) in [4.78, 5) is 14.8. The van der Waals surface area contributed by atoms with Crippen molar-refractivity contribution in [1.29, 1.82) is 0 Å². The van der Waals surface area contributed by atoms with Gasteiger partial charge in [0, 0.05) is 31.2 Å². The number of benzene rings is 1. The van der Waals surface area contributed by atoms with Crippen LogP contribution in [0.4, 0.5) is 0 Å². The van der Waals surface area contributed by atoms with Gasteiger partial charge >= 0.3 is 0 Å². The number of hydrogen-bond donors (Lipinski definition) is 2. The number of ether oxygens (including phenoxy) is 1. The first-order valence-electron chi connectivity index (χ1n) is 9.06. The molecule has 2 N–H and O–H groups in total. The quantitative estimate of drug-likeness (QED) is 0.840. The van der Waals surface area contributed by atoms with Crippen LogP contribution in [0.15, 0.2) is 24.3 Å². The summed E-state index contributed by atoms with van der Waals surface area (Å²) >= 11 is 6.05. The average Bonchev–Trinajstić information content (AvgIpc) is 3.10. The summed E-state index contributed by atoms with van der Waals surface area (Å²) in [5.41, 5.74) is 0.995. The second-order valence-corrected chi connectivity index (χ2v) is 8.02. The highest BCUT2D eigenvalue weighted by Crippen LogP contribution is 2.27. The zero-order valence-electron chi connectivity index (χ0n) is 15.1. The van der Waals surface area contributed by atoms with E-state index in [0.29, 0.717) is 13.2 Å². The van der Waals surface area contributed by atoms with Crippen LogP contribution in [0.2, 0.25) is 5.02 Å². The van der Waals surface area contributed by atoms with Crippen molar-refractivity contribution in [3.8, 4) is 0 Å². The third kappa shape index (κ3) is 4.94. The van der Waals surface area contributed by atoms with Crippen LogP contribution >= 0.6 is 11.6 Å². The van der Waals surface area contributed by atoms with Gasteiger partial charge in [-0.15, -0.1) is 0 Å². The van der Waals surface area contributed by atoms with Crippen LogP contribution in [0.1, 0.15) is 31.9 Å². The zero-order chi connectivity index (χ0) is 17.9. The Balaban J connectivity index is 1.71. The number of carbonyl (C=O) groups excluding carboxylic acids is 1. The first-order chi connectivity index (χ1) is 11.9. The molecule has 0 saturated carbocycles. The van der Waals surface area contributed by atoms with Crippen molar-refractivity contribution in [2.45, 2.75) is 31.9 Å². The van der Waals surface area contributed by atoms with Crippen LogP contribution in [0.3, 0.4) is 0 Å². The maximum absolute atomic E-state index is 12.4. The number of rotatable bonds is 5. The number of carbonyl (C=O) groups is 1. The Morgan fingerprint density at radius 3 is 2.84 bits per heavy atom. The van der Waals surface area contributed by atoms with Crippen molar-refractivity contribution >= 4 is 17.5 Å². The summed E-state index contributed by atoms with van der Waals surface area (Å²) in [6.07, 6.45) is 0.919. The van der Waals surface area contributed by atoms with Gasteiger partial charge in [0.25, 0.3) is 0 Å². The van der Waals surface area contributed by atoms with Crippen molar-refractivity contribution in [2.75, 3.05) is 39.3 Å². The number of nitrogens with zero attached hydrogens (tertiary/aromatic N) is 1. The first kappa shape index (κ1) is 18.6. The number of hydrogen-bond acceptors (Lipinski definition) is 4. The lowest BCUT2D eigenvalue weighted by Crippen LogP contribution is -2.51. The molecule has 25 heavy (non-hydrogen) atoms. The lowest BCUT2D eigenvalue weighted by atomic mass is 10.00. The average molecular weight is 366 g/mol. The van der Waals surface area contributed by atoms with Gasteiger partial charge in [-0.1, -0.05) is 23.7 Å². The third-order valence-electron chi connectivity index (χ3n) is 5.05. The van der Waals surface area contributed by atoms with E-state index < -0.39 is 0 Å². The van der Waals surface area contributed by atoms with Gasteiger partial charge in [0.2, 0.25) is 5.91 Å². The van der Waals surface area contributed by atoms with E-state index in [1.807, 2.05) is 12.1 Å². The number of nitrogens with one attached hydrogen (secondary N) is 2. The molecule has 2 saturated heterocycles. The summed E-state index contributed by atoms with van der Waals surface area (Å²) in [6, 6.07) is 8.06. The molecule has 0 radical (unpaired) electrons. The number of amides is 1. The molecule has 0 spiro atoms. The van der Waals surface area contributed by atoms with Gasteiger partial charge in [-0.2, -0.15) is 0 Å². The highest BCUT2D eigenvalue weighted by Gasteiger charge is 2.32. The monoisotopic (exact) mass is 365 g/mol. The molecule has 0 bridgehead atoms. The minimum Gasteiger partial charge on any atom is -0.373 e. The van der Waals surface area contributed by atoms with Gasteiger partial charge in [0.1, 0.15) is 0 Å². The molecule has 2 unspecified atom stereocenters. The molecule has 3 rings (SSSR count). The normalized spacial score (nSPS) is 24.8. The van der Waals surface area contributed by atoms with Crippen LogP contribution in [0.5, 0.6) is 0 Å². The summed E-state index contributed by atoms with van der Waals surface area (Å²) in [5, 5.41) is 7.15. The van der Waals surface area contributed by atoms with Gasteiger partial charge in [-0.3, -0.25) is 9.69 Å². The van der Waals surface area contributed by atoms with E-state index in [0.717, 1.165) is 37.6 Å². The largest absolute Gasteiger partial charge is 0.373 e. The van der Waals surface area contributed by atoms with Crippen LogP contribution in [0, 0.1) is 5.92 Å². The predicted molar refractivity (Wildman–Crippen MR) is 99.8 cm³/mol. The predicted octanol–water partition coefficient (Wildman–Crippen LogP) is 2.22. The minimum absolute atomic E-state index is 0.0898. The maximum atomic E-state index is 12.4. The smallest absolute Gasteiger partial charge is 0.224 e. The molecule has 1 aromatic rings. The SMILES string of the molecule is CC1(C)CN(C(CNC(=O)C2CCNC2)c2ccc(Cl)cc2)CCO1. The molecule has 2 heterocycles. The second kappa shape index (κ2) is 8.04. The molecule has 2 atom stereocenters. The Kier molecular flexibility index (Phi) is 6.00. The Labute approximate surface area is 155 Å². The van der Waals surface area contributed by atoms with Crippen LogP contribution < -0.4 is 10.6 Å². The molecule has 5 nitrogen and oxygen atoms in total. The highest BCUT2D eigenvalue weighted by atomic mass is 35.5. The van der Waals surface area contributed by atoms with Gasteiger partial charge in [-0.05, 0) is 44.5 Å². The Morgan fingerprint density at radius 1 is 1.44 bits per heavy atom. The number of halogens is 1. The third-order valence-corrected chi connectivity index (χ3v) is 5.30. The molecular weight excluding hydrogens is 338 g/mol. The van der Waals surface area contributed by atoms with Crippen molar-refractivity contribution in [2.24, 2.45) is 5.92 Å². The van der Waals surface area contributed by atoms with Gasteiger partial charge in [-0.25, -0.2) is 0 Å². The summed E-state index contributed by atoms with van der Waals surface area (Å²) in [5.74, 6) is 0.239. The molecule has 2 fully saturated rings. The fraction of sp³-hybridized carbons (Fsp3) is 0.632. The van der Waals surface area contributed by atoms with Crippen molar-refractivity contribution in [1.82, 2.24) is 15.5 Å². The molecule has 1 aromatic carbocycles. The van der Waals surface area contributed by atoms with Crippen molar-refractivity contribution < 1.29 is 9.53 Å². The van der Waals surface area contributed by atoms with E-state index in [1.165, 1.54) is 5.56 Å². The van der Waals surface area contributed by atoms with Gasteiger partial charge in [0.15, 0.2) is 0 Å². The van der Waals surface area contributed by atoms with E-state index in [4.69, 9.17) is 16.3 Å². The van der Waals surface area contributed by atoms with Gasteiger partial charge < -0.3 is 15.4 Å². The first-order valence-corrected chi connectivity index (χ1v) is 9.44. The fourth-order valence-electron chi connectivity index (χ4n) is 3.68. The lowest BCUT2D eigenvalue weighted by Gasteiger charge is -2.42. The summed E-state index contributed by atoms with van der Waals surface area (Å²) in [7, 11) is 0. The van der Waals surface area contributed by atoms with E-state index in [-0.39, 0.29) is 23.5 Å². The van der Waals surface area contributed by atoms with Crippen LogP contribution in [-0.4, -0.2) is 55.7 Å². The topological polar surface area (TPSA) is 53.6 Å². The minimum atomic E-state index is -0.178. The van der Waals surface area contributed by atoms with Crippen LogP contribution in [0.25, 0.3) is 0 Å². The molecule has 138 valence electrons. The van der Waals surface area contributed by atoms with E-state index >= 15 is 0 Å². The summed E-state index contributed by atoms with van der Waals surface area (Å²) in [6.45, 7) is 8.93. The number of morpholine rings is 1. The van der Waals surface area contributed by atoms with E-state index in [2.05, 4.69) is 41.5 Å². The Hall–Kier alpha value is -1.14. The molecule has 2 aliphatic heterocycles. The molecular formula is C19H28ClN3O2. The zero-order valence-corrected chi connectivity index (χ0v) is 15.8.